The number of hydrogen-bond donors (Lipinski definition) is 1. The van der Waals surface area contributed by atoms with Gasteiger partial charge in [0.05, 0.1) is 0 Å². The zero-order chi connectivity index (χ0) is 9.97. The first-order valence-electron chi connectivity index (χ1n) is 5.28. The van der Waals surface area contributed by atoms with Gasteiger partial charge in [-0.05, 0) is 24.1 Å². The molecule has 2 atom stereocenters. The maximum Gasteiger partial charge on any atom is 0.0210 e. The Morgan fingerprint density at radius 1 is 1.36 bits per heavy atom. The summed E-state index contributed by atoms with van der Waals surface area (Å²) in [5.41, 5.74) is 1.46. The quantitative estimate of drug-likeness (QED) is 0.854. The molecule has 0 unspecified atom stereocenters. The van der Waals surface area contributed by atoms with Gasteiger partial charge in [-0.25, -0.2) is 0 Å². The summed E-state index contributed by atoms with van der Waals surface area (Å²) in [4.78, 5) is 0. The number of halogens is 1. The van der Waals surface area contributed by atoms with Crippen molar-refractivity contribution in [2.45, 2.75) is 19.3 Å². The van der Waals surface area contributed by atoms with Gasteiger partial charge in [0.15, 0.2) is 0 Å². The van der Waals surface area contributed by atoms with Crippen molar-refractivity contribution in [1.29, 1.82) is 0 Å². The third-order valence-electron chi connectivity index (χ3n) is 3.17. The number of nitrogens with one attached hydrogen (secondary N) is 1. The van der Waals surface area contributed by atoms with Gasteiger partial charge >= 0.3 is 0 Å². The molecule has 76 valence electrons. The van der Waals surface area contributed by atoms with Gasteiger partial charge in [0.2, 0.25) is 0 Å². The van der Waals surface area contributed by atoms with E-state index in [-0.39, 0.29) is 0 Å². The largest absolute Gasteiger partial charge is 0.316 e. The highest BCUT2D eigenvalue weighted by molar-refractivity contribution is 9.10. The van der Waals surface area contributed by atoms with E-state index in [2.05, 4.69) is 52.4 Å². The highest BCUT2D eigenvalue weighted by Gasteiger charge is 2.27. The van der Waals surface area contributed by atoms with Crippen molar-refractivity contribution in [3.05, 3.63) is 34.3 Å². The van der Waals surface area contributed by atoms with Gasteiger partial charge < -0.3 is 5.32 Å². The summed E-state index contributed by atoms with van der Waals surface area (Å²) < 4.78 is 1.26. The minimum absolute atomic E-state index is 0.690. The van der Waals surface area contributed by atoms with Crippen LogP contribution in [0.5, 0.6) is 0 Å². The van der Waals surface area contributed by atoms with Crippen LogP contribution in [0.3, 0.4) is 0 Å². The second-order valence-electron chi connectivity index (χ2n) is 3.95. The molecule has 14 heavy (non-hydrogen) atoms. The number of hydrogen-bond acceptors (Lipinski definition) is 1. The lowest BCUT2D eigenvalue weighted by Gasteiger charge is -2.18. The predicted octanol–water partition coefficient (Wildman–Crippen LogP) is 3.16. The van der Waals surface area contributed by atoms with E-state index >= 15 is 0 Å². The molecule has 0 bridgehead atoms. The molecule has 1 aromatic carbocycles. The second-order valence-corrected chi connectivity index (χ2v) is 4.81. The van der Waals surface area contributed by atoms with E-state index in [1.165, 1.54) is 23.0 Å². The third kappa shape index (κ3) is 1.86. The van der Waals surface area contributed by atoms with Crippen LogP contribution >= 0.6 is 15.9 Å². The molecular weight excluding hydrogens is 238 g/mol. The van der Waals surface area contributed by atoms with E-state index < -0.39 is 0 Å². The summed E-state index contributed by atoms with van der Waals surface area (Å²) in [5, 5.41) is 3.48. The monoisotopic (exact) mass is 253 g/mol. The normalized spacial score (nSPS) is 26.7. The van der Waals surface area contributed by atoms with E-state index in [0.29, 0.717) is 5.92 Å². The zero-order valence-corrected chi connectivity index (χ0v) is 10.0. The van der Waals surface area contributed by atoms with Crippen LogP contribution in [0.25, 0.3) is 0 Å². The Kier molecular flexibility index (Phi) is 3.24. The Labute approximate surface area is 94.0 Å². The average Bonchev–Trinajstić information content (AvgIpc) is 2.66. The van der Waals surface area contributed by atoms with E-state index in [1.807, 2.05) is 0 Å². The van der Waals surface area contributed by atoms with Crippen LogP contribution in [-0.4, -0.2) is 13.1 Å². The minimum atomic E-state index is 0.690. The highest BCUT2D eigenvalue weighted by Crippen LogP contribution is 2.34. The van der Waals surface area contributed by atoms with Crippen molar-refractivity contribution in [3.63, 3.8) is 0 Å². The molecule has 0 aromatic heterocycles. The highest BCUT2D eigenvalue weighted by atomic mass is 79.9. The molecule has 1 aliphatic rings. The third-order valence-corrected chi connectivity index (χ3v) is 3.89. The molecule has 0 radical (unpaired) electrons. The van der Waals surface area contributed by atoms with Crippen LogP contribution in [0.15, 0.2) is 28.7 Å². The van der Waals surface area contributed by atoms with Gasteiger partial charge in [-0.15, -0.1) is 0 Å². The summed E-state index contributed by atoms with van der Waals surface area (Å²) in [6.45, 7) is 4.57. The van der Waals surface area contributed by atoms with Crippen LogP contribution in [0.4, 0.5) is 0 Å². The summed E-state index contributed by atoms with van der Waals surface area (Å²) in [6, 6.07) is 8.59. The predicted molar refractivity (Wildman–Crippen MR) is 63.5 cm³/mol. The van der Waals surface area contributed by atoms with Crippen LogP contribution in [0.2, 0.25) is 0 Å². The van der Waals surface area contributed by atoms with Gasteiger partial charge in [0.25, 0.3) is 0 Å². The van der Waals surface area contributed by atoms with E-state index in [4.69, 9.17) is 0 Å². The fourth-order valence-electron chi connectivity index (χ4n) is 2.30. The molecule has 1 fully saturated rings. The smallest absolute Gasteiger partial charge is 0.0210 e. The van der Waals surface area contributed by atoms with Gasteiger partial charge in [0, 0.05) is 16.9 Å². The maximum absolute atomic E-state index is 3.64. The van der Waals surface area contributed by atoms with Gasteiger partial charge in [-0.3, -0.25) is 0 Å². The van der Waals surface area contributed by atoms with Crippen molar-refractivity contribution in [2.24, 2.45) is 5.92 Å². The van der Waals surface area contributed by atoms with E-state index in [9.17, 15) is 0 Å². The summed E-state index contributed by atoms with van der Waals surface area (Å²) in [6.07, 6.45) is 1.26. The lowest BCUT2D eigenvalue weighted by atomic mass is 9.87. The fourth-order valence-corrected chi connectivity index (χ4v) is 2.88. The van der Waals surface area contributed by atoms with Crippen molar-refractivity contribution in [1.82, 2.24) is 5.32 Å². The standard InChI is InChI=1S/C12H16BrN/c1-2-9-7-14-8-11(9)10-5-3-4-6-12(10)13/h3-6,9,11,14H,2,7-8H2,1H3/t9-,11+/m1/s1. The molecule has 1 N–H and O–H groups in total. The first-order chi connectivity index (χ1) is 6.83. The molecule has 1 aromatic rings. The Morgan fingerprint density at radius 3 is 2.86 bits per heavy atom. The lowest BCUT2D eigenvalue weighted by Crippen LogP contribution is -2.09. The Balaban J connectivity index is 2.26. The van der Waals surface area contributed by atoms with Crippen LogP contribution < -0.4 is 5.32 Å². The topological polar surface area (TPSA) is 12.0 Å². The van der Waals surface area contributed by atoms with Crippen molar-refractivity contribution in [2.75, 3.05) is 13.1 Å². The molecule has 0 saturated carbocycles. The van der Waals surface area contributed by atoms with Crippen molar-refractivity contribution >= 4 is 15.9 Å². The van der Waals surface area contributed by atoms with Gasteiger partial charge in [0.1, 0.15) is 0 Å². The second kappa shape index (κ2) is 4.45. The van der Waals surface area contributed by atoms with Crippen LogP contribution in [0.1, 0.15) is 24.8 Å². The Bertz CT molecular complexity index is 311. The Hall–Kier alpha value is -0.340. The molecular formula is C12H16BrN. The number of benzene rings is 1. The first-order valence-corrected chi connectivity index (χ1v) is 6.07. The maximum atomic E-state index is 3.64. The summed E-state index contributed by atoms with van der Waals surface area (Å²) in [7, 11) is 0. The van der Waals surface area contributed by atoms with E-state index in [1.54, 1.807) is 0 Å². The lowest BCUT2D eigenvalue weighted by molar-refractivity contribution is 0.501. The van der Waals surface area contributed by atoms with Crippen LogP contribution in [0, 0.1) is 5.92 Å². The van der Waals surface area contributed by atoms with Crippen LogP contribution in [-0.2, 0) is 0 Å². The molecule has 0 aliphatic carbocycles. The molecule has 0 amide bonds. The zero-order valence-electron chi connectivity index (χ0n) is 8.46. The average molecular weight is 254 g/mol. The molecule has 1 saturated heterocycles. The number of rotatable bonds is 2. The van der Waals surface area contributed by atoms with Gasteiger partial charge in [-0.2, -0.15) is 0 Å². The van der Waals surface area contributed by atoms with Crippen molar-refractivity contribution < 1.29 is 0 Å². The van der Waals surface area contributed by atoms with E-state index in [0.717, 1.165) is 12.5 Å². The SMILES string of the molecule is CC[C@@H]1CNC[C@@H]1c1ccccc1Br. The molecule has 0 spiro atoms. The molecule has 1 aliphatic heterocycles. The molecule has 1 nitrogen and oxygen atoms in total. The summed E-state index contributed by atoms with van der Waals surface area (Å²) >= 11 is 3.64. The summed E-state index contributed by atoms with van der Waals surface area (Å²) in [5.74, 6) is 1.49. The minimum Gasteiger partial charge on any atom is -0.316 e. The van der Waals surface area contributed by atoms with Gasteiger partial charge in [-0.1, -0.05) is 47.5 Å². The Morgan fingerprint density at radius 2 is 2.14 bits per heavy atom. The molecule has 2 heteroatoms. The first kappa shape index (κ1) is 10.2. The fraction of sp³-hybridized carbons (Fsp3) is 0.500. The molecule has 1 heterocycles. The molecule has 2 rings (SSSR count). The van der Waals surface area contributed by atoms with Crippen molar-refractivity contribution in [3.8, 4) is 0 Å².